The summed E-state index contributed by atoms with van der Waals surface area (Å²) < 4.78 is 28.2. The third-order valence-electron chi connectivity index (χ3n) is 3.15. The van der Waals surface area contributed by atoms with Gasteiger partial charge in [-0.25, -0.2) is 13.1 Å². The number of aryl methyl sites for hydroxylation is 1. The van der Waals surface area contributed by atoms with Crippen LogP contribution >= 0.6 is 27.3 Å². The average molecular weight is 389 g/mol. The molecule has 0 unspecified atom stereocenters. The van der Waals surface area contributed by atoms with E-state index in [9.17, 15) is 8.42 Å². The zero-order valence-electron chi connectivity index (χ0n) is 11.6. The molecule has 0 aliphatic carbocycles. The second-order valence-electron chi connectivity index (χ2n) is 4.54. The standard InChI is InChI=1S/C14H17BrN2O2S2/c1-2-10-3-4-14(5-11(10)7-16)21(18,19)17-8-13-6-12(15)9-20-13/h3-6,9,17H,2,7-8,16H2,1H3. The van der Waals surface area contributed by atoms with Crippen molar-refractivity contribution in [3.63, 3.8) is 0 Å². The molecule has 0 radical (unpaired) electrons. The van der Waals surface area contributed by atoms with E-state index < -0.39 is 10.0 Å². The Labute approximate surface area is 137 Å². The van der Waals surface area contributed by atoms with Crippen molar-refractivity contribution in [2.24, 2.45) is 5.73 Å². The fourth-order valence-electron chi connectivity index (χ4n) is 2.00. The lowest BCUT2D eigenvalue weighted by Crippen LogP contribution is -2.23. The number of nitrogens with two attached hydrogens (primary N) is 1. The van der Waals surface area contributed by atoms with Gasteiger partial charge in [0.2, 0.25) is 10.0 Å². The average Bonchev–Trinajstić information content (AvgIpc) is 2.90. The first-order chi connectivity index (χ1) is 9.96. The molecule has 114 valence electrons. The van der Waals surface area contributed by atoms with E-state index in [4.69, 9.17) is 5.73 Å². The number of hydrogen-bond donors (Lipinski definition) is 2. The Kier molecular flexibility index (Phi) is 5.56. The Morgan fingerprint density at radius 1 is 1.29 bits per heavy atom. The van der Waals surface area contributed by atoms with Crippen LogP contribution in [-0.4, -0.2) is 8.42 Å². The van der Waals surface area contributed by atoms with Crippen LogP contribution in [0.15, 0.2) is 39.0 Å². The quantitative estimate of drug-likeness (QED) is 0.798. The molecule has 2 aromatic rings. The van der Waals surface area contributed by atoms with Gasteiger partial charge in [0.1, 0.15) is 0 Å². The summed E-state index contributed by atoms with van der Waals surface area (Å²) in [6, 6.07) is 7.02. The molecule has 0 amide bonds. The summed E-state index contributed by atoms with van der Waals surface area (Å²) in [5, 5.41) is 1.92. The monoisotopic (exact) mass is 388 g/mol. The molecule has 0 saturated heterocycles. The van der Waals surface area contributed by atoms with Crippen molar-refractivity contribution < 1.29 is 8.42 Å². The minimum Gasteiger partial charge on any atom is -0.326 e. The predicted molar refractivity (Wildman–Crippen MR) is 89.8 cm³/mol. The van der Waals surface area contributed by atoms with Gasteiger partial charge in [0.05, 0.1) is 4.90 Å². The first-order valence-corrected chi connectivity index (χ1v) is 9.66. The SMILES string of the molecule is CCc1ccc(S(=O)(=O)NCc2cc(Br)cs2)cc1CN. The van der Waals surface area contributed by atoms with Gasteiger partial charge in [-0.2, -0.15) is 0 Å². The number of hydrogen-bond acceptors (Lipinski definition) is 4. The third kappa shape index (κ3) is 4.14. The van der Waals surface area contributed by atoms with Crippen molar-refractivity contribution in [3.8, 4) is 0 Å². The van der Waals surface area contributed by atoms with Crippen LogP contribution in [0.1, 0.15) is 22.9 Å². The number of benzene rings is 1. The second kappa shape index (κ2) is 7.02. The fourth-order valence-corrected chi connectivity index (χ4v) is 4.54. The molecule has 1 heterocycles. The molecule has 0 fully saturated rings. The lowest BCUT2D eigenvalue weighted by Gasteiger charge is -2.10. The summed E-state index contributed by atoms with van der Waals surface area (Å²) in [7, 11) is -3.52. The van der Waals surface area contributed by atoms with E-state index in [1.807, 2.05) is 24.4 Å². The van der Waals surface area contributed by atoms with Gasteiger partial charge in [0, 0.05) is 27.8 Å². The van der Waals surface area contributed by atoms with Crippen molar-refractivity contribution in [1.82, 2.24) is 4.72 Å². The molecule has 0 atom stereocenters. The van der Waals surface area contributed by atoms with E-state index in [-0.39, 0.29) is 11.4 Å². The van der Waals surface area contributed by atoms with Crippen LogP contribution in [0.3, 0.4) is 0 Å². The summed E-state index contributed by atoms with van der Waals surface area (Å²) in [5.41, 5.74) is 7.64. The van der Waals surface area contributed by atoms with Crippen molar-refractivity contribution in [1.29, 1.82) is 0 Å². The fraction of sp³-hybridized carbons (Fsp3) is 0.286. The molecule has 0 aliphatic rings. The predicted octanol–water partition coefficient (Wildman–Crippen LogP) is 3.01. The first kappa shape index (κ1) is 16.6. The highest BCUT2D eigenvalue weighted by atomic mass is 79.9. The van der Waals surface area contributed by atoms with Crippen LogP contribution in [0.25, 0.3) is 0 Å². The number of nitrogens with one attached hydrogen (secondary N) is 1. The summed E-state index contributed by atoms with van der Waals surface area (Å²) >= 11 is 4.86. The van der Waals surface area contributed by atoms with Gasteiger partial charge >= 0.3 is 0 Å². The molecule has 2 rings (SSSR count). The maximum atomic E-state index is 12.3. The van der Waals surface area contributed by atoms with E-state index >= 15 is 0 Å². The zero-order chi connectivity index (χ0) is 15.5. The van der Waals surface area contributed by atoms with E-state index in [1.165, 1.54) is 11.3 Å². The molecule has 1 aromatic carbocycles. The molecule has 1 aromatic heterocycles. The highest BCUT2D eigenvalue weighted by Crippen LogP contribution is 2.21. The minimum absolute atomic E-state index is 0.260. The molecule has 4 nitrogen and oxygen atoms in total. The van der Waals surface area contributed by atoms with Crippen LogP contribution in [0.2, 0.25) is 0 Å². The van der Waals surface area contributed by atoms with Crippen LogP contribution in [0.4, 0.5) is 0 Å². The van der Waals surface area contributed by atoms with Crippen LogP contribution in [0, 0.1) is 0 Å². The van der Waals surface area contributed by atoms with Gasteiger partial charge in [0.25, 0.3) is 0 Å². The largest absolute Gasteiger partial charge is 0.326 e. The van der Waals surface area contributed by atoms with Crippen LogP contribution in [0.5, 0.6) is 0 Å². The number of rotatable bonds is 6. The molecule has 0 saturated carbocycles. The Balaban J connectivity index is 2.19. The number of halogens is 1. The molecular formula is C14H17BrN2O2S2. The summed E-state index contributed by atoms with van der Waals surface area (Å²) in [6.07, 6.45) is 0.837. The van der Waals surface area contributed by atoms with E-state index in [0.717, 1.165) is 26.9 Å². The smallest absolute Gasteiger partial charge is 0.240 e. The summed E-state index contributed by atoms with van der Waals surface area (Å²) in [4.78, 5) is 1.21. The Morgan fingerprint density at radius 2 is 2.05 bits per heavy atom. The zero-order valence-corrected chi connectivity index (χ0v) is 14.8. The number of thiophene rings is 1. The molecule has 0 bridgehead atoms. The molecule has 0 aliphatic heterocycles. The lowest BCUT2D eigenvalue weighted by atomic mass is 10.1. The topological polar surface area (TPSA) is 72.2 Å². The molecular weight excluding hydrogens is 372 g/mol. The summed E-state index contributed by atoms with van der Waals surface area (Å²) in [5.74, 6) is 0. The van der Waals surface area contributed by atoms with Crippen molar-refractivity contribution in [2.45, 2.75) is 31.3 Å². The summed E-state index contributed by atoms with van der Waals surface area (Å²) in [6.45, 7) is 2.64. The van der Waals surface area contributed by atoms with Gasteiger partial charge < -0.3 is 5.73 Å². The van der Waals surface area contributed by atoms with Gasteiger partial charge in [-0.15, -0.1) is 11.3 Å². The Bertz CT molecular complexity index is 726. The first-order valence-electron chi connectivity index (χ1n) is 6.50. The maximum absolute atomic E-state index is 12.3. The molecule has 21 heavy (non-hydrogen) atoms. The van der Waals surface area contributed by atoms with Crippen molar-refractivity contribution >= 4 is 37.3 Å². The lowest BCUT2D eigenvalue weighted by molar-refractivity contribution is 0.581. The number of sulfonamides is 1. The molecule has 7 heteroatoms. The van der Waals surface area contributed by atoms with Crippen molar-refractivity contribution in [3.05, 3.63) is 50.1 Å². The van der Waals surface area contributed by atoms with E-state index in [0.29, 0.717) is 6.54 Å². The van der Waals surface area contributed by atoms with Crippen LogP contribution < -0.4 is 10.5 Å². The van der Waals surface area contributed by atoms with E-state index in [1.54, 1.807) is 12.1 Å². The van der Waals surface area contributed by atoms with Gasteiger partial charge in [0.15, 0.2) is 0 Å². The normalized spacial score (nSPS) is 11.8. The highest BCUT2D eigenvalue weighted by Gasteiger charge is 2.15. The minimum atomic E-state index is -3.52. The molecule has 0 spiro atoms. The second-order valence-corrected chi connectivity index (χ2v) is 8.22. The van der Waals surface area contributed by atoms with Crippen molar-refractivity contribution in [2.75, 3.05) is 0 Å². The van der Waals surface area contributed by atoms with Crippen LogP contribution in [-0.2, 0) is 29.5 Å². The maximum Gasteiger partial charge on any atom is 0.240 e. The van der Waals surface area contributed by atoms with E-state index in [2.05, 4.69) is 20.7 Å². The van der Waals surface area contributed by atoms with Gasteiger partial charge in [-0.05, 0) is 51.7 Å². The Morgan fingerprint density at radius 3 is 2.62 bits per heavy atom. The molecule has 3 N–H and O–H groups in total. The third-order valence-corrected chi connectivity index (χ3v) is 6.24. The highest BCUT2D eigenvalue weighted by molar-refractivity contribution is 9.10. The van der Waals surface area contributed by atoms with Gasteiger partial charge in [-0.3, -0.25) is 0 Å². The van der Waals surface area contributed by atoms with Gasteiger partial charge in [-0.1, -0.05) is 13.0 Å². The Hall–Kier alpha value is -0.730.